The normalized spacial score (nSPS) is 10.7. The smallest absolute Gasteiger partial charge is 0.259 e. The Hall–Kier alpha value is -4.07. The lowest BCUT2D eigenvalue weighted by molar-refractivity contribution is 0.102. The molecule has 0 aliphatic rings. The maximum absolute atomic E-state index is 14.0. The Labute approximate surface area is 177 Å². The highest BCUT2D eigenvalue weighted by Crippen LogP contribution is 2.28. The van der Waals surface area contributed by atoms with E-state index in [1.54, 1.807) is 54.5 Å². The van der Waals surface area contributed by atoms with Crippen LogP contribution in [0.3, 0.4) is 0 Å². The summed E-state index contributed by atoms with van der Waals surface area (Å²) in [5.41, 5.74) is 2.55. The molecule has 1 N–H and O–H groups in total. The molecular weight excluding hydrogens is 402 g/mol. The number of halogens is 2. The minimum Gasteiger partial charge on any atom is -0.488 e. The zero-order valence-corrected chi connectivity index (χ0v) is 16.5. The van der Waals surface area contributed by atoms with Gasteiger partial charge in [0.1, 0.15) is 24.0 Å². The zero-order chi connectivity index (χ0) is 21.8. The molecule has 31 heavy (non-hydrogen) atoms. The van der Waals surface area contributed by atoms with Crippen LogP contribution in [0.1, 0.15) is 15.9 Å². The minimum atomic E-state index is -0.714. The van der Waals surface area contributed by atoms with Gasteiger partial charge in [-0.05, 0) is 42.0 Å². The molecule has 0 radical (unpaired) electrons. The van der Waals surface area contributed by atoms with E-state index in [0.717, 1.165) is 23.3 Å². The summed E-state index contributed by atoms with van der Waals surface area (Å²) >= 11 is 0. The van der Waals surface area contributed by atoms with Gasteiger partial charge in [0.15, 0.2) is 0 Å². The molecule has 0 spiro atoms. The summed E-state index contributed by atoms with van der Waals surface area (Å²) in [4.78, 5) is 17.0. The number of nitrogens with one attached hydrogen (secondary N) is 1. The van der Waals surface area contributed by atoms with Gasteiger partial charge in [0.05, 0.1) is 23.6 Å². The second kappa shape index (κ2) is 8.74. The van der Waals surface area contributed by atoms with E-state index in [4.69, 9.17) is 4.74 Å². The topological polar surface area (TPSA) is 69.0 Å². The lowest BCUT2D eigenvalue weighted by atomic mass is 10.0. The number of anilines is 1. The molecule has 2 aromatic carbocycles. The van der Waals surface area contributed by atoms with E-state index < -0.39 is 17.5 Å². The second-order valence-electron chi connectivity index (χ2n) is 6.83. The molecule has 156 valence electrons. The maximum Gasteiger partial charge on any atom is 0.259 e. The molecule has 4 aromatic rings. The monoisotopic (exact) mass is 420 g/mol. The van der Waals surface area contributed by atoms with E-state index in [0.29, 0.717) is 5.69 Å². The van der Waals surface area contributed by atoms with E-state index in [1.165, 1.54) is 12.3 Å². The van der Waals surface area contributed by atoms with Crippen molar-refractivity contribution in [3.63, 3.8) is 0 Å². The summed E-state index contributed by atoms with van der Waals surface area (Å²) < 4.78 is 34.5. The molecule has 0 aliphatic carbocycles. The molecule has 6 nitrogen and oxygen atoms in total. The van der Waals surface area contributed by atoms with Crippen molar-refractivity contribution >= 4 is 11.6 Å². The van der Waals surface area contributed by atoms with Crippen molar-refractivity contribution in [1.82, 2.24) is 14.8 Å². The molecule has 0 atom stereocenters. The molecule has 0 unspecified atom stereocenters. The highest BCUT2D eigenvalue weighted by Gasteiger charge is 2.16. The van der Waals surface area contributed by atoms with Gasteiger partial charge < -0.3 is 10.1 Å². The summed E-state index contributed by atoms with van der Waals surface area (Å²) in [7, 11) is 1.80. The van der Waals surface area contributed by atoms with Crippen LogP contribution >= 0.6 is 0 Å². The van der Waals surface area contributed by atoms with Gasteiger partial charge in [-0.2, -0.15) is 5.10 Å². The van der Waals surface area contributed by atoms with Crippen molar-refractivity contribution in [3.05, 3.63) is 96.1 Å². The number of rotatable bonds is 6. The number of carbonyl (C=O) groups is 1. The van der Waals surface area contributed by atoms with Crippen molar-refractivity contribution in [2.45, 2.75) is 6.61 Å². The molecular formula is C23H18F2N4O2. The Morgan fingerprint density at radius 1 is 1.10 bits per heavy atom. The number of carbonyl (C=O) groups excluding carboxylic acids is 1. The Morgan fingerprint density at radius 2 is 1.97 bits per heavy atom. The number of hydrogen-bond donors (Lipinski definition) is 1. The number of ether oxygens (including phenoxy) is 1. The molecule has 2 aromatic heterocycles. The maximum atomic E-state index is 14.0. The summed E-state index contributed by atoms with van der Waals surface area (Å²) in [6.07, 6.45) is 6.64. The predicted octanol–water partition coefficient (Wildman–Crippen LogP) is 4.59. The summed E-state index contributed by atoms with van der Waals surface area (Å²) in [5, 5.41) is 6.93. The van der Waals surface area contributed by atoms with Gasteiger partial charge in [-0.3, -0.25) is 14.5 Å². The average Bonchev–Trinajstić information content (AvgIpc) is 3.20. The number of hydrogen-bond acceptors (Lipinski definition) is 4. The van der Waals surface area contributed by atoms with Crippen molar-refractivity contribution in [2.75, 3.05) is 5.32 Å². The lowest BCUT2D eigenvalue weighted by Gasteiger charge is -2.14. The van der Waals surface area contributed by atoms with Crippen LogP contribution in [0.15, 0.2) is 73.3 Å². The standard InChI is InChI=1S/C23H18F2N4O2/c1-29-13-17(11-27-29)15-5-7-22(31-14-16-4-6-18(24)10-21(16)25)20(9-15)23(30)28-19-3-2-8-26-12-19/h2-13H,14H2,1H3,(H,28,30). The van der Waals surface area contributed by atoms with Crippen LogP contribution in [-0.4, -0.2) is 20.7 Å². The van der Waals surface area contributed by atoms with Gasteiger partial charge in [0.2, 0.25) is 0 Å². The SMILES string of the molecule is Cn1cc(-c2ccc(OCc3ccc(F)cc3F)c(C(=O)Nc3cccnc3)c2)cn1. The van der Waals surface area contributed by atoms with Gasteiger partial charge in [-0.25, -0.2) is 8.78 Å². The third-order valence-electron chi connectivity index (χ3n) is 4.58. The molecule has 1 amide bonds. The fourth-order valence-corrected chi connectivity index (χ4v) is 3.01. The van der Waals surface area contributed by atoms with Crippen LogP contribution in [-0.2, 0) is 13.7 Å². The number of benzene rings is 2. The van der Waals surface area contributed by atoms with Crippen molar-refractivity contribution in [1.29, 1.82) is 0 Å². The molecule has 8 heteroatoms. The molecule has 0 saturated heterocycles. The molecule has 2 heterocycles. The zero-order valence-electron chi connectivity index (χ0n) is 16.5. The molecule has 0 aliphatic heterocycles. The minimum absolute atomic E-state index is 0.161. The summed E-state index contributed by atoms with van der Waals surface area (Å²) in [6.45, 7) is -0.161. The van der Waals surface area contributed by atoms with Crippen molar-refractivity contribution in [3.8, 4) is 16.9 Å². The van der Waals surface area contributed by atoms with Gasteiger partial charge in [-0.15, -0.1) is 0 Å². The number of pyridine rings is 1. The Kier molecular flexibility index (Phi) is 5.70. The molecule has 0 bridgehead atoms. The number of amides is 1. The first-order valence-electron chi connectivity index (χ1n) is 9.41. The van der Waals surface area contributed by atoms with Gasteiger partial charge in [0, 0.05) is 36.6 Å². The lowest BCUT2D eigenvalue weighted by Crippen LogP contribution is -2.14. The summed E-state index contributed by atoms with van der Waals surface area (Å²) in [5.74, 6) is -1.53. The molecule has 0 fully saturated rings. The fraction of sp³-hybridized carbons (Fsp3) is 0.0870. The van der Waals surface area contributed by atoms with Crippen LogP contribution < -0.4 is 10.1 Å². The fourth-order valence-electron chi connectivity index (χ4n) is 3.01. The number of nitrogens with zero attached hydrogens (tertiary/aromatic N) is 3. The number of aromatic nitrogens is 3. The van der Waals surface area contributed by atoms with Crippen molar-refractivity contribution in [2.24, 2.45) is 7.05 Å². The van der Waals surface area contributed by atoms with E-state index in [2.05, 4.69) is 15.4 Å². The van der Waals surface area contributed by atoms with Crippen LogP contribution in [0.2, 0.25) is 0 Å². The van der Waals surface area contributed by atoms with Crippen molar-refractivity contribution < 1.29 is 18.3 Å². The average molecular weight is 420 g/mol. The highest BCUT2D eigenvalue weighted by atomic mass is 19.1. The van der Waals surface area contributed by atoms with E-state index in [9.17, 15) is 13.6 Å². The quantitative estimate of drug-likeness (QED) is 0.495. The second-order valence-corrected chi connectivity index (χ2v) is 6.83. The Bertz CT molecular complexity index is 1230. The van der Waals surface area contributed by atoms with Gasteiger partial charge in [-0.1, -0.05) is 6.07 Å². The highest BCUT2D eigenvalue weighted by molar-refractivity contribution is 6.06. The van der Waals surface area contributed by atoms with Crippen LogP contribution in [0.5, 0.6) is 5.75 Å². The van der Waals surface area contributed by atoms with E-state index >= 15 is 0 Å². The third kappa shape index (κ3) is 4.75. The van der Waals surface area contributed by atoms with Crippen LogP contribution in [0, 0.1) is 11.6 Å². The Balaban J connectivity index is 1.65. The summed E-state index contributed by atoms with van der Waals surface area (Å²) in [6, 6.07) is 11.8. The third-order valence-corrected chi connectivity index (χ3v) is 4.58. The van der Waals surface area contributed by atoms with Crippen LogP contribution in [0.4, 0.5) is 14.5 Å². The molecule has 0 saturated carbocycles. The Morgan fingerprint density at radius 3 is 2.68 bits per heavy atom. The van der Waals surface area contributed by atoms with E-state index in [1.807, 2.05) is 6.20 Å². The first kappa shape index (κ1) is 20.2. The number of aryl methyl sites for hydroxylation is 1. The predicted molar refractivity (Wildman–Crippen MR) is 112 cm³/mol. The molecule has 4 rings (SSSR count). The van der Waals surface area contributed by atoms with Gasteiger partial charge in [0.25, 0.3) is 5.91 Å². The largest absolute Gasteiger partial charge is 0.488 e. The van der Waals surface area contributed by atoms with Gasteiger partial charge >= 0.3 is 0 Å². The first-order chi connectivity index (χ1) is 15.0. The first-order valence-corrected chi connectivity index (χ1v) is 9.41. The van der Waals surface area contributed by atoms with E-state index in [-0.39, 0.29) is 23.5 Å². The van der Waals surface area contributed by atoms with Crippen LogP contribution in [0.25, 0.3) is 11.1 Å².